The van der Waals surface area contributed by atoms with Crippen molar-refractivity contribution in [3.63, 3.8) is 0 Å². The first kappa shape index (κ1) is 20.0. The normalized spacial score (nSPS) is 11.0. The highest BCUT2D eigenvalue weighted by molar-refractivity contribution is 8.13. The molecule has 0 aliphatic rings. The Hall–Kier alpha value is -2.73. The van der Waals surface area contributed by atoms with E-state index in [0.717, 1.165) is 34.1 Å². The van der Waals surface area contributed by atoms with Crippen LogP contribution in [-0.2, 0) is 6.54 Å². The van der Waals surface area contributed by atoms with Crippen LogP contribution in [0.15, 0.2) is 59.6 Å². The minimum Gasteiger partial charge on any atom is -0.346 e. The maximum Gasteiger partial charge on any atom is 0.286 e. The summed E-state index contributed by atoms with van der Waals surface area (Å²) < 4.78 is 2.13. The number of benzene rings is 2. The van der Waals surface area contributed by atoms with Crippen LogP contribution in [0.1, 0.15) is 24.2 Å². The van der Waals surface area contributed by atoms with Crippen LogP contribution >= 0.6 is 11.8 Å². The Morgan fingerprint density at radius 3 is 2.46 bits per heavy atom. The van der Waals surface area contributed by atoms with Crippen LogP contribution in [-0.4, -0.2) is 34.7 Å². The number of fused-ring (bicyclic) bond motifs is 1. The Bertz CT molecular complexity index is 1010. The van der Waals surface area contributed by atoms with E-state index in [1.54, 1.807) is 14.1 Å². The SMILES string of the molecule is CC(C)Cn1cc(C(=O)Nc2ccccc2SC(=O)N(C)C)c2ccccc21. The average Bonchev–Trinajstić information content (AvgIpc) is 3.01. The summed E-state index contributed by atoms with van der Waals surface area (Å²) in [6.07, 6.45) is 1.92. The molecule has 0 fully saturated rings. The fourth-order valence-electron chi connectivity index (χ4n) is 3.01. The van der Waals surface area contributed by atoms with E-state index in [2.05, 4.69) is 23.7 Å². The second-order valence-corrected chi connectivity index (χ2v) is 8.31. The number of nitrogens with one attached hydrogen (secondary N) is 1. The number of para-hydroxylation sites is 2. The molecule has 3 aromatic rings. The first-order valence-corrected chi connectivity index (χ1v) is 10.1. The molecule has 0 bridgehead atoms. The van der Waals surface area contributed by atoms with Crippen molar-refractivity contribution in [2.24, 2.45) is 5.92 Å². The molecule has 0 saturated carbocycles. The number of nitrogens with zero attached hydrogens (tertiary/aromatic N) is 2. The van der Waals surface area contributed by atoms with Gasteiger partial charge in [0.2, 0.25) is 0 Å². The fraction of sp³-hybridized carbons (Fsp3) is 0.273. The minimum atomic E-state index is -0.177. The van der Waals surface area contributed by atoms with Crippen LogP contribution in [0.25, 0.3) is 10.9 Å². The molecule has 0 spiro atoms. The van der Waals surface area contributed by atoms with Crippen LogP contribution in [0.3, 0.4) is 0 Å². The number of amides is 2. The molecule has 0 unspecified atom stereocenters. The van der Waals surface area contributed by atoms with Crippen molar-refractivity contribution in [3.8, 4) is 0 Å². The molecular weight excluding hydrogens is 370 g/mol. The number of carbonyl (C=O) groups is 2. The highest BCUT2D eigenvalue weighted by atomic mass is 32.2. The van der Waals surface area contributed by atoms with Gasteiger partial charge in [-0.05, 0) is 35.9 Å². The van der Waals surface area contributed by atoms with Crippen molar-refractivity contribution in [2.75, 3.05) is 19.4 Å². The number of aromatic nitrogens is 1. The lowest BCUT2D eigenvalue weighted by atomic mass is 10.1. The predicted octanol–water partition coefficient (Wildman–Crippen LogP) is 5.32. The Labute approximate surface area is 169 Å². The third-order valence-electron chi connectivity index (χ3n) is 4.29. The molecule has 0 aliphatic heterocycles. The second kappa shape index (κ2) is 8.52. The van der Waals surface area contributed by atoms with E-state index >= 15 is 0 Å². The first-order valence-electron chi connectivity index (χ1n) is 9.24. The molecule has 3 rings (SSSR count). The molecular formula is C22H25N3O2S. The fourth-order valence-corrected chi connectivity index (χ4v) is 3.75. The van der Waals surface area contributed by atoms with E-state index in [4.69, 9.17) is 0 Å². The highest BCUT2D eigenvalue weighted by Crippen LogP contribution is 2.30. The van der Waals surface area contributed by atoms with Gasteiger partial charge in [-0.25, -0.2) is 0 Å². The second-order valence-electron chi connectivity index (χ2n) is 7.32. The molecule has 0 radical (unpaired) electrons. The molecule has 0 atom stereocenters. The summed E-state index contributed by atoms with van der Waals surface area (Å²) in [5.74, 6) is 0.296. The number of carbonyl (C=O) groups excluding carboxylic acids is 2. The number of rotatable bonds is 5. The van der Waals surface area contributed by atoms with Gasteiger partial charge in [0, 0.05) is 42.6 Å². The summed E-state index contributed by atoms with van der Waals surface area (Å²) in [6, 6.07) is 15.3. The van der Waals surface area contributed by atoms with Crippen molar-refractivity contribution in [1.82, 2.24) is 9.47 Å². The van der Waals surface area contributed by atoms with Crippen molar-refractivity contribution < 1.29 is 9.59 Å². The van der Waals surface area contributed by atoms with Gasteiger partial charge in [-0.15, -0.1) is 0 Å². The van der Waals surface area contributed by atoms with Gasteiger partial charge < -0.3 is 14.8 Å². The van der Waals surface area contributed by atoms with Crippen LogP contribution < -0.4 is 5.32 Å². The Balaban J connectivity index is 1.91. The summed E-state index contributed by atoms with van der Waals surface area (Å²) >= 11 is 1.10. The smallest absolute Gasteiger partial charge is 0.286 e. The number of anilines is 1. The van der Waals surface area contributed by atoms with E-state index < -0.39 is 0 Å². The molecule has 0 aliphatic carbocycles. The largest absolute Gasteiger partial charge is 0.346 e. The van der Waals surface area contributed by atoms with Crippen molar-refractivity contribution >= 4 is 39.5 Å². The summed E-state index contributed by atoms with van der Waals surface area (Å²) in [5, 5.41) is 3.82. The van der Waals surface area contributed by atoms with Crippen LogP contribution in [0, 0.1) is 5.92 Å². The van der Waals surface area contributed by atoms with Gasteiger partial charge in [-0.1, -0.05) is 44.2 Å². The Morgan fingerprint density at radius 2 is 1.75 bits per heavy atom. The number of hydrogen-bond acceptors (Lipinski definition) is 3. The highest BCUT2D eigenvalue weighted by Gasteiger charge is 2.18. The zero-order valence-corrected chi connectivity index (χ0v) is 17.4. The molecule has 6 heteroatoms. The molecule has 5 nitrogen and oxygen atoms in total. The van der Waals surface area contributed by atoms with Crippen molar-refractivity contribution in [3.05, 3.63) is 60.3 Å². The molecule has 0 saturated heterocycles. The average molecular weight is 396 g/mol. The minimum absolute atomic E-state index is 0.0877. The maximum atomic E-state index is 13.1. The lowest BCUT2D eigenvalue weighted by molar-refractivity contribution is 0.102. The lowest BCUT2D eigenvalue weighted by Crippen LogP contribution is -2.17. The molecule has 1 N–H and O–H groups in total. The van der Waals surface area contributed by atoms with Gasteiger partial charge in [-0.2, -0.15) is 0 Å². The van der Waals surface area contributed by atoms with E-state index in [1.807, 2.05) is 54.7 Å². The standard InChI is InChI=1S/C22H25N3O2S/c1-15(2)13-25-14-17(16-9-5-7-11-19(16)25)21(26)23-18-10-6-8-12-20(18)28-22(27)24(3)4/h5-12,14-15H,13H2,1-4H3,(H,23,26). The van der Waals surface area contributed by atoms with Crippen LogP contribution in [0.5, 0.6) is 0 Å². The van der Waals surface area contributed by atoms with Gasteiger partial charge in [-0.3, -0.25) is 9.59 Å². The Kier molecular flexibility index (Phi) is 6.09. The number of thioether (sulfide) groups is 1. The van der Waals surface area contributed by atoms with E-state index in [9.17, 15) is 9.59 Å². The van der Waals surface area contributed by atoms with Crippen molar-refractivity contribution in [2.45, 2.75) is 25.3 Å². The summed E-state index contributed by atoms with van der Waals surface area (Å²) in [7, 11) is 3.42. The zero-order chi connectivity index (χ0) is 20.3. The van der Waals surface area contributed by atoms with Gasteiger partial charge in [0.1, 0.15) is 0 Å². The van der Waals surface area contributed by atoms with E-state index in [-0.39, 0.29) is 11.1 Å². The van der Waals surface area contributed by atoms with Gasteiger partial charge in [0.15, 0.2) is 0 Å². The van der Waals surface area contributed by atoms with E-state index in [1.165, 1.54) is 4.90 Å². The Morgan fingerprint density at radius 1 is 1.07 bits per heavy atom. The van der Waals surface area contributed by atoms with Crippen LogP contribution in [0.4, 0.5) is 10.5 Å². The molecule has 1 aromatic heterocycles. The van der Waals surface area contributed by atoms with E-state index in [0.29, 0.717) is 17.2 Å². The summed E-state index contributed by atoms with van der Waals surface area (Å²) in [6.45, 7) is 5.16. The number of hydrogen-bond donors (Lipinski definition) is 1. The predicted molar refractivity (Wildman–Crippen MR) is 116 cm³/mol. The molecule has 28 heavy (non-hydrogen) atoms. The van der Waals surface area contributed by atoms with Crippen LogP contribution in [0.2, 0.25) is 0 Å². The first-order chi connectivity index (χ1) is 13.4. The van der Waals surface area contributed by atoms with Gasteiger partial charge in [0.25, 0.3) is 11.1 Å². The quantitative estimate of drug-likeness (QED) is 0.595. The maximum absolute atomic E-state index is 13.1. The lowest BCUT2D eigenvalue weighted by Gasteiger charge is -2.13. The summed E-state index contributed by atoms with van der Waals surface area (Å²) in [5.41, 5.74) is 2.31. The van der Waals surface area contributed by atoms with Gasteiger partial charge in [0.05, 0.1) is 11.3 Å². The third-order valence-corrected chi connectivity index (χ3v) is 5.41. The zero-order valence-electron chi connectivity index (χ0n) is 16.6. The monoisotopic (exact) mass is 395 g/mol. The summed E-state index contributed by atoms with van der Waals surface area (Å²) in [4.78, 5) is 27.4. The molecule has 1 heterocycles. The topological polar surface area (TPSA) is 54.3 Å². The molecule has 146 valence electrons. The van der Waals surface area contributed by atoms with Gasteiger partial charge >= 0.3 is 0 Å². The molecule has 2 amide bonds. The van der Waals surface area contributed by atoms with Crippen molar-refractivity contribution in [1.29, 1.82) is 0 Å². The third kappa shape index (κ3) is 4.39. The molecule has 2 aromatic carbocycles.